The maximum Gasteiger partial charge on any atom is 0.171 e. The predicted molar refractivity (Wildman–Crippen MR) is 126 cm³/mol. The fourth-order valence-corrected chi connectivity index (χ4v) is 3.83. The smallest absolute Gasteiger partial charge is 0.171 e. The fourth-order valence-electron chi connectivity index (χ4n) is 3.49. The molecule has 5 aromatic rings. The van der Waals surface area contributed by atoms with Gasteiger partial charge in [-0.25, -0.2) is 4.98 Å². The zero-order chi connectivity index (χ0) is 20.5. The van der Waals surface area contributed by atoms with E-state index < -0.39 is 0 Å². The van der Waals surface area contributed by atoms with Crippen LogP contribution in [-0.4, -0.2) is 4.98 Å². The molecule has 0 amide bonds. The Morgan fingerprint density at radius 1 is 0.667 bits per heavy atom. The molecule has 1 aromatic heterocycles. The first kappa shape index (κ1) is 18.7. The molecular formula is C25H16Cl2N2O. The molecule has 4 aromatic carbocycles. The molecule has 0 aliphatic carbocycles. The molecule has 5 heteroatoms. The summed E-state index contributed by atoms with van der Waals surface area (Å²) in [6, 6.07) is 27.8. The molecule has 146 valence electrons. The molecule has 0 bridgehead atoms. The summed E-state index contributed by atoms with van der Waals surface area (Å²) in [5.74, 6) is 1.12. The molecule has 0 fully saturated rings. The molecule has 0 unspecified atom stereocenters. The Morgan fingerprint density at radius 3 is 2.33 bits per heavy atom. The highest BCUT2D eigenvalue weighted by molar-refractivity contribution is 6.33. The van der Waals surface area contributed by atoms with Gasteiger partial charge in [-0.2, -0.15) is 0 Å². The maximum atomic E-state index is 6.37. The molecule has 3 nitrogen and oxygen atoms in total. The third-order valence-electron chi connectivity index (χ3n) is 4.93. The van der Waals surface area contributed by atoms with E-state index in [0.29, 0.717) is 21.7 Å². The lowest BCUT2D eigenvalue weighted by molar-refractivity contribution is 0.483. The number of aromatic nitrogens is 1. The van der Waals surface area contributed by atoms with E-state index in [1.54, 1.807) is 18.3 Å². The first-order valence-corrected chi connectivity index (χ1v) is 10.2. The van der Waals surface area contributed by atoms with Crippen molar-refractivity contribution >= 4 is 56.1 Å². The van der Waals surface area contributed by atoms with Crippen molar-refractivity contribution in [3.63, 3.8) is 0 Å². The van der Waals surface area contributed by atoms with Crippen LogP contribution in [0.2, 0.25) is 10.2 Å². The van der Waals surface area contributed by atoms with Crippen LogP contribution in [-0.2, 0) is 0 Å². The molecule has 0 aliphatic rings. The number of benzene rings is 4. The molecule has 30 heavy (non-hydrogen) atoms. The highest BCUT2D eigenvalue weighted by Crippen LogP contribution is 2.40. The van der Waals surface area contributed by atoms with Crippen molar-refractivity contribution in [2.75, 3.05) is 5.32 Å². The molecule has 0 spiro atoms. The molecule has 0 radical (unpaired) electrons. The SMILES string of the molecule is Clc1ccccc1Nc1cc2ccc3ccccc3c2cc1Oc1cccnc1Cl. The van der Waals surface area contributed by atoms with Crippen LogP contribution in [0.4, 0.5) is 11.4 Å². The van der Waals surface area contributed by atoms with Gasteiger partial charge in [0.25, 0.3) is 0 Å². The number of ether oxygens (including phenoxy) is 1. The summed E-state index contributed by atoms with van der Waals surface area (Å²) >= 11 is 12.6. The minimum Gasteiger partial charge on any atom is -0.452 e. The standard InChI is InChI=1S/C25H16Cl2N2O/c26-20-8-3-4-9-21(20)29-22-14-17-12-11-16-6-1-2-7-18(16)19(17)15-24(22)30-23-10-5-13-28-25(23)27/h1-15,29H. The third kappa shape index (κ3) is 3.54. The Bertz CT molecular complexity index is 1380. The zero-order valence-electron chi connectivity index (χ0n) is 15.8. The number of hydrogen-bond acceptors (Lipinski definition) is 3. The van der Waals surface area contributed by atoms with E-state index in [-0.39, 0.29) is 0 Å². The minimum absolute atomic E-state index is 0.305. The summed E-state index contributed by atoms with van der Waals surface area (Å²) in [5.41, 5.74) is 1.58. The van der Waals surface area contributed by atoms with Crippen LogP contribution in [0.15, 0.2) is 91.1 Å². The van der Waals surface area contributed by atoms with Crippen LogP contribution in [0.5, 0.6) is 11.5 Å². The van der Waals surface area contributed by atoms with Crippen LogP contribution in [0, 0.1) is 0 Å². The van der Waals surface area contributed by atoms with Gasteiger partial charge < -0.3 is 10.1 Å². The Balaban J connectivity index is 1.71. The first-order chi connectivity index (χ1) is 14.7. The van der Waals surface area contributed by atoms with E-state index in [0.717, 1.165) is 27.5 Å². The normalized spacial score (nSPS) is 11.0. The summed E-state index contributed by atoms with van der Waals surface area (Å²) < 4.78 is 6.21. The van der Waals surface area contributed by atoms with Crippen molar-refractivity contribution in [1.82, 2.24) is 4.98 Å². The molecule has 0 saturated carbocycles. The number of para-hydroxylation sites is 1. The molecular weight excluding hydrogens is 415 g/mol. The topological polar surface area (TPSA) is 34.1 Å². The Kier molecular flexibility index (Phi) is 4.91. The second-order valence-electron chi connectivity index (χ2n) is 6.86. The van der Waals surface area contributed by atoms with Crippen LogP contribution in [0.25, 0.3) is 21.5 Å². The van der Waals surface area contributed by atoms with Crippen molar-refractivity contribution in [3.05, 3.63) is 101 Å². The molecule has 1 N–H and O–H groups in total. The summed E-state index contributed by atoms with van der Waals surface area (Å²) in [4.78, 5) is 4.11. The zero-order valence-corrected chi connectivity index (χ0v) is 17.3. The van der Waals surface area contributed by atoms with Gasteiger partial charge in [0.1, 0.15) is 0 Å². The molecule has 1 heterocycles. The van der Waals surface area contributed by atoms with E-state index in [9.17, 15) is 0 Å². The quantitative estimate of drug-likeness (QED) is 0.230. The number of pyridine rings is 1. The summed E-state index contributed by atoms with van der Waals surface area (Å²) in [6.45, 7) is 0. The summed E-state index contributed by atoms with van der Waals surface area (Å²) in [6.07, 6.45) is 1.63. The second kappa shape index (κ2) is 7.86. The Hall–Kier alpha value is -3.27. The van der Waals surface area contributed by atoms with E-state index in [1.165, 1.54) is 5.39 Å². The maximum absolute atomic E-state index is 6.37. The van der Waals surface area contributed by atoms with E-state index >= 15 is 0 Å². The van der Waals surface area contributed by atoms with Gasteiger partial charge in [0.05, 0.1) is 16.4 Å². The third-order valence-corrected chi connectivity index (χ3v) is 5.55. The highest BCUT2D eigenvalue weighted by atomic mass is 35.5. The lowest BCUT2D eigenvalue weighted by atomic mass is 10.0. The van der Waals surface area contributed by atoms with E-state index in [4.69, 9.17) is 27.9 Å². The molecule has 5 rings (SSSR count). The number of nitrogens with zero attached hydrogens (tertiary/aromatic N) is 1. The van der Waals surface area contributed by atoms with Crippen LogP contribution < -0.4 is 10.1 Å². The van der Waals surface area contributed by atoms with Gasteiger partial charge in [0.15, 0.2) is 16.7 Å². The van der Waals surface area contributed by atoms with E-state index in [2.05, 4.69) is 40.6 Å². The largest absolute Gasteiger partial charge is 0.452 e. The van der Waals surface area contributed by atoms with Gasteiger partial charge in [0, 0.05) is 6.20 Å². The van der Waals surface area contributed by atoms with Crippen LogP contribution in [0.3, 0.4) is 0 Å². The van der Waals surface area contributed by atoms with E-state index in [1.807, 2.05) is 42.5 Å². The molecule has 0 saturated heterocycles. The second-order valence-corrected chi connectivity index (χ2v) is 7.62. The van der Waals surface area contributed by atoms with Crippen molar-refractivity contribution in [2.24, 2.45) is 0 Å². The number of anilines is 2. The number of rotatable bonds is 4. The average Bonchev–Trinajstić information content (AvgIpc) is 2.77. The van der Waals surface area contributed by atoms with Crippen molar-refractivity contribution in [3.8, 4) is 11.5 Å². The minimum atomic E-state index is 0.305. The Labute approximate surface area is 183 Å². The number of halogens is 2. The van der Waals surface area contributed by atoms with Gasteiger partial charge >= 0.3 is 0 Å². The lowest BCUT2D eigenvalue weighted by Crippen LogP contribution is -1.96. The Morgan fingerprint density at radius 2 is 1.47 bits per heavy atom. The number of nitrogens with one attached hydrogen (secondary N) is 1. The van der Waals surface area contributed by atoms with Crippen molar-refractivity contribution in [1.29, 1.82) is 0 Å². The lowest BCUT2D eigenvalue weighted by Gasteiger charge is -2.16. The fraction of sp³-hybridized carbons (Fsp3) is 0. The monoisotopic (exact) mass is 430 g/mol. The van der Waals surface area contributed by atoms with Crippen molar-refractivity contribution < 1.29 is 4.74 Å². The van der Waals surface area contributed by atoms with Gasteiger partial charge in [-0.3, -0.25) is 0 Å². The number of fused-ring (bicyclic) bond motifs is 3. The highest BCUT2D eigenvalue weighted by Gasteiger charge is 2.13. The van der Waals surface area contributed by atoms with Crippen molar-refractivity contribution in [2.45, 2.75) is 0 Å². The number of hydrogen-bond donors (Lipinski definition) is 1. The predicted octanol–water partition coefficient (Wildman–Crippen LogP) is 8.23. The molecule has 0 aliphatic heterocycles. The van der Waals surface area contributed by atoms with Gasteiger partial charge in [-0.05, 0) is 57.9 Å². The van der Waals surface area contributed by atoms with Gasteiger partial charge in [-0.15, -0.1) is 0 Å². The average molecular weight is 431 g/mol. The van der Waals surface area contributed by atoms with Gasteiger partial charge in [-0.1, -0.05) is 71.7 Å². The molecule has 0 atom stereocenters. The van der Waals surface area contributed by atoms with Gasteiger partial charge in [0.2, 0.25) is 0 Å². The van der Waals surface area contributed by atoms with Crippen LogP contribution in [0.1, 0.15) is 0 Å². The summed E-state index contributed by atoms with van der Waals surface area (Å²) in [5, 5.41) is 8.84. The first-order valence-electron chi connectivity index (χ1n) is 9.44. The van der Waals surface area contributed by atoms with Crippen LogP contribution >= 0.6 is 23.2 Å². The summed E-state index contributed by atoms with van der Waals surface area (Å²) in [7, 11) is 0.